The minimum atomic E-state index is -0.374. The Morgan fingerprint density at radius 3 is 3.00 bits per heavy atom. The summed E-state index contributed by atoms with van der Waals surface area (Å²) in [5.74, 6) is 1.01. The van der Waals surface area contributed by atoms with Crippen LogP contribution in [0.1, 0.15) is 16.7 Å². The minimum absolute atomic E-state index is 0.117. The maximum Gasteiger partial charge on any atom is 0.270 e. The standard InChI is InChI=1S/C19H20N2O3/c1-20(14-16-7-8-19-17(12-16)9-11-24-19)10-3-5-15-4-2-6-18(13-15)21(22)23/h2-8,12-13H,9-11,14H2,1H3/b5-3+. The van der Waals surface area contributed by atoms with Crippen LogP contribution >= 0.6 is 0 Å². The third kappa shape index (κ3) is 4.00. The number of non-ortho nitro benzene ring substituents is 1. The molecule has 0 saturated carbocycles. The molecule has 0 aliphatic carbocycles. The molecule has 24 heavy (non-hydrogen) atoms. The zero-order valence-electron chi connectivity index (χ0n) is 13.6. The highest BCUT2D eigenvalue weighted by Crippen LogP contribution is 2.26. The molecule has 5 heteroatoms. The Bertz CT molecular complexity index is 771. The van der Waals surface area contributed by atoms with E-state index in [0.717, 1.165) is 37.4 Å². The van der Waals surface area contributed by atoms with E-state index in [0.29, 0.717) is 0 Å². The molecule has 2 aromatic carbocycles. The highest BCUT2D eigenvalue weighted by Gasteiger charge is 2.12. The number of ether oxygens (including phenoxy) is 1. The SMILES string of the molecule is CN(C/C=C/c1cccc([N+](=O)[O-])c1)Cc1ccc2c(c1)CCO2. The smallest absolute Gasteiger partial charge is 0.270 e. The van der Waals surface area contributed by atoms with Gasteiger partial charge < -0.3 is 4.74 Å². The first kappa shape index (κ1) is 16.2. The van der Waals surface area contributed by atoms with E-state index in [1.165, 1.54) is 17.2 Å². The lowest BCUT2D eigenvalue weighted by molar-refractivity contribution is -0.384. The fourth-order valence-electron chi connectivity index (χ4n) is 2.83. The molecule has 0 N–H and O–H groups in total. The van der Waals surface area contributed by atoms with Crippen molar-refractivity contribution in [1.29, 1.82) is 0 Å². The van der Waals surface area contributed by atoms with E-state index in [2.05, 4.69) is 24.1 Å². The van der Waals surface area contributed by atoms with Crippen LogP contribution in [-0.2, 0) is 13.0 Å². The van der Waals surface area contributed by atoms with Gasteiger partial charge in [0.1, 0.15) is 5.75 Å². The minimum Gasteiger partial charge on any atom is -0.493 e. The number of benzene rings is 2. The van der Waals surface area contributed by atoms with Crippen molar-refractivity contribution in [2.24, 2.45) is 0 Å². The summed E-state index contributed by atoms with van der Waals surface area (Å²) in [4.78, 5) is 12.6. The van der Waals surface area contributed by atoms with Gasteiger partial charge in [-0.1, -0.05) is 36.4 Å². The zero-order valence-corrected chi connectivity index (χ0v) is 13.6. The van der Waals surface area contributed by atoms with Gasteiger partial charge in [0.15, 0.2) is 0 Å². The maximum atomic E-state index is 10.8. The first-order valence-electron chi connectivity index (χ1n) is 7.96. The highest BCUT2D eigenvalue weighted by atomic mass is 16.6. The van der Waals surface area contributed by atoms with Gasteiger partial charge in [-0.2, -0.15) is 0 Å². The molecule has 5 nitrogen and oxygen atoms in total. The molecule has 0 radical (unpaired) electrons. The molecule has 1 aliphatic rings. The van der Waals surface area contributed by atoms with E-state index in [4.69, 9.17) is 4.74 Å². The molecule has 0 unspecified atom stereocenters. The second-order valence-electron chi connectivity index (χ2n) is 5.99. The maximum absolute atomic E-state index is 10.8. The fraction of sp³-hybridized carbons (Fsp3) is 0.263. The second-order valence-corrected chi connectivity index (χ2v) is 5.99. The first-order valence-corrected chi connectivity index (χ1v) is 7.96. The van der Waals surface area contributed by atoms with Crippen LogP contribution in [0.25, 0.3) is 6.08 Å². The molecule has 0 bridgehead atoms. The fourth-order valence-corrected chi connectivity index (χ4v) is 2.83. The number of rotatable bonds is 6. The number of hydrogen-bond acceptors (Lipinski definition) is 4. The number of nitrogens with zero attached hydrogens (tertiary/aromatic N) is 2. The molecule has 124 valence electrons. The number of fused-ring (bicyclic) bond motifs is 1. The Labute approximate surface area is 141 Å². The van der Waals surface area contributed by atoms with Crippen molar-refractivity contribution in [3.63, 3.8) is 0 Å². The van der Waals surface area contributed by atoms with Crippen LogP contribution in [0.4, 0.5) is 5.69 Å². The van der Waals surface area contributed by atoms with Gasteiger partial charge in [0.2, 0.25) is 0 Å². The largest absolute Gasteiger partial charge is 0.493 e. The Morgan fingerprint density at radius 1 is 1.29 bits per heavy atom. The van der Waals surface area contributed by atoms with Crippen LogP contribution < -0.4 is 4.74 Å². The van der Waals surface area contributed by atoms with Crippen LogP contribution in [0.15, 0.2) is 48.5 Å². The van der Waals surface area contributed by atoms with Crippen molar-refractivity contribution < 1.29 is 9.66 Å². The van der Waals surface area contributed by atoms with E-state index in [1.807, 2.05) is 24.3 Å². The number of nitro benzene ring substituents is 1. The molecule has 1 aliphatic heterocycles. The monoisotopic (exact) mass is 324 g/mol. The summed E-state index contributed by atoms with van der Waals surface area (Å²) < 4.78 is 5.53. The van der Waals surface area contributed by atoms with E-state index in [9.17, 15) is 10.1 Å². The van der Waals surface area contributed by atoms with E-state index in [1.54, 1.807) is 12.1 Å². The molecule has 1 heterocycles. The van der Waals surface area contributed by atoms with E-state index in [-0.39, 0.29) is 10.6 Å². The molecule has 0 fully saturated rings. The van der Waals surface area contributed by atoms with Gasteiger partial charge in [0.25, 0.3) is 5.69 Å². The van der Waals surface area contributed by atoms with E-state index < -0.39 is 0 Å². The lowest BCUT2D eigenvalue weighted by atomic mass is 10.1. The molecule has 0 spiro atoms. The van der Waals surface area contributed by atoms with Crippen molar-refractivity contribution in [1.82, 2.24) is 4.90 Å². The normalized spacial score (nSPS) is 13.2. The molecule has 0 amide bonds. The summed E-state index contributed by atoms with van der Waals surface area (Å²) in [7, 11) is 2.06. The van der Waals surface area contributed by atoms with Crippen LogP contribution in [0.2, 0.25) is 0 Å². The molecule has 0 atom stereocenters. The van der Waals surface area contributed by atoms with Crippen molar-refractivity contribution in [2.75, 3.05) is 20.2 Å². The third-order valence-electron chi connectivity index (χ3n) is 4.01. The molecule has 2 aromatic rings. The summed E-state index contributed by atoms with van der Waals surface area (Å²) in [6.07, 6.45) is 4.93. The van der Waals surface area contributed by atoms with Crippen molar-refractivity contribution >= 4 is 11.8 Å². The van der Waals surface area contributed by atoms with Gasteiger partial charge >= 0.3 is 0 Å². The average molecular weight is 324 g/mol. The Hall–Kier alpha value is -2.66. The van der Waals surface area contributed by atoms with Crippen molar-refractivity contribution in [3.8, 4) is 5.75 Å². The Morgan fingerprint density at radius 2 is 2.17 bits per heavy atom. The van der Waals surface area contributed by atoms with Crippen LogP contribution in [0.3, 0.4) is 0 Å². The predicted molar refractivity (Wildman–Crippen MR) is 94.1 cm³/mol. The summed E-state index contributed by atoms with van der Waals surface area (Å²) in [6.45, 7) is 2.41. The Kier molecular flexibility index (Phi) is 4.91. The van der Waals surface area contributed by atoms with Crippen molar-refractivity contribution in [2.45, 2.75) is 13.0 Å². The highest BCUT2D eigenvalue weighted by molar-refractivity contribution is 5.53. The second kappa shape index (κ2) is 7.27. The van der Waals surface area contributed by atoms with Gasteiger partial charge in [-0.15, -0.1) is 0 Å². The molecular weight excluding hydrogens is 304 g/mol. The quantitative estimate of drug-likeness (QED) is 0.601. The molecule has 3 rings (SSSR count). The van der Waals surface area contributed by atoms with Crippen LogP contribution in [0, 0.1) is 10.1 Å². The lowest BCUT2D eigenvalue weighted by Crippen LogP contribution is -2.17. The zero-order chi connectivity index (χ0) is 16.9. The number of likely N-dealkylation sites (N-methyl/N-ethyl adjacent to an activating group) is 1. The summed E-state index contributed by atoms with van der Waals surface area (Å²) >= 11 is 0. The first-order chi connectivity index (χ1) is 11.6. The third-order valence-corrected chi connectivity index (χ3v) is 4.01. The van der Waals surface area contributed by atoms with E-state index >= 15 is 0 Å². The van der Waals surface area contributed by atoms with Crippen LogP contribution in [-0.4, -0.2) is 30.0 Å². The van der Waals surface area contributed by atoms with Gasteiger partial charge in [0, 0.05) is 31.6 Å². The predicted octanol–water partition coefficient (Wildman–Crippen LogP) is 3.67. The van der Waals surface area contributed by atoms with Gasteiger partial charge in [-0.05, 0) is 29.8 Å². The van der Waals surface area contributed by atoms with Gasteiger partial charge in [-0.3, -0.25) is 15.0 Å². The van der Waals surface area contributed by atoms with Gasteiger partial charge in [0.05, 0.1) is 11.5 Å². The molecule has 0 saturated heterocycles. The molecule has 0 aromatic heterocycles. The number of hydrogen-bond donors (Lipinski definition) is 0. The molecular formula is C19H20N2O3. The van der Waals surface area contributed by atoms with Gasteiger partial charge in [-0.25, -0.2) is 0 Å². The summed E-state index contributed by atoms with van der Waals surface area (Å²) in [5.41, 5.74) is 3.51. The number of nitro groups is 1. The van der Waals surface area contributed by atoms with Crippen LogP contribution in [0.5, 0.6) is 5.75 Å². The Balaban J connectivity index is 1.56. The average Bonchev–Trinajstić information content (AvgIpc) is 3.03. The lowest BCUT2D eigenvalue weighted by Gasteiger charge is -2.15. The summed E-state index contributed by atoms with van der Waals surface area (Å²) in [5, 5.41) is 10.8. The van der Waals surface area contributed by atoms with Crippen molar-refractivity contribution in [3.05, 3.63) is 75.3 Å². The summed E-state index contributed by atoms with van der Waals surface area (Å²) in [6, 6.07) is 13.0. The topological polar surface area (TPSA) is 55.6 Å².